The van der Waals surface area contributed by atoms with E-state index in [0.717, 1.165) is 0 Å². The molecule has 1 rings (SSSR count). The highest BCUT2D eigenvalue weighted by atomic mass is 32.2. The van der Waals surface area contributed by atoms with Gasteiger partial charge in [0.15, 0.2) is 0 Å². The van der Waals surface area contributed by atoms with E-state index in [0.29, 0.717) is 6.54 Å². The van der Waals surface area contributed by atoms with Gasteiger partial charge in [0.1, 0.15) is 0 Å². The van der Waals surface area contributed by atoms with Crippen LogP contribution in [0.1, 0.15) is 6.92 Å². The van der Waals surface area contributed by atoms with Crippen molar-refractivity contribution in [2.45, 2.75) is 6.92 Å². The summed E-state index contributed by atoms with van der Waals surface area (Å²) in [5.41, 5.74) is 0. The molecule has 0 aliphatic heterocycles. The van der Waals surface area contributed by atoms with E-state index >= 15 is 0 Å². The maximum Gasteiger partial charge on any atom is 0.311 e. The summed E-state index contributed by atoms with van der Waals surface area (Å²) in [6.45, 7) is 2.01. The lowest BCUT2D eigenvalue weighted by atomic mass is 10.4. The Hall–Kier alpha value is -1.16. The van der Waals surface area contributed by atoms with Gasteiger partial charge in [-0.3, -0.25) is 0 Å². The molecule has 0 radical (unpaired) electrons. The molecule has 0 atom stereocenters. The highest BCUT2D eigenvalue weighted by Crippen LogP contribution is 1.79. The third kappa shape index (κ3) is 8.84. The minimum atomic E-state index is -2.19. The van der Waals surface area contributed by atoms with Crippen LogP contribution in [0.5, 0.6) is 0 Å². The predicted molar refractivity (Wildman–Crippen MR) is 48.3 cm³/mol. The average Bonchev–Trinajstić information content (AvgIpc) is 2.08. The SMILES string of the molecule is CCN=S(=O)=O.c1ccccc1. The number of hydrogen-bond acceptors (Lipinski definition) is 3. The third-order valence-electron chi connectivity index (χ3n) is 0.901. The first-order valence-corrected chi connectivity index (χ1v) is 4.57. The van der Waals surface area contributed by atoms with Crippen LogP contribution in [0, 0.1) is 0 Å². The van der Waals surface area contributed by atoms with E-state index < -0.39 is 10.5 Å². The molecule has 0 fully saturated rings. The van der Waals surface area contributed by atoms with Gasteiger partial charge in [0.2, 0.25) is 0 Å². The van der Waals surface area contributed by atoms with Gasteiger partial charge < -0.3 is 0 Å². The molecule has 3 nitrogen and oxygen atoms in total. The van der Waals surface area contributed by atoms with Gasteiger partial charge in [-0.25, -0.2) is 0 Å². The molecule has 0 aliphatic carbocycles. The van der Waals surface area contributed by atoms with Crippen molar-refractivity contribution in [2.75, 3.05) is 6.54 Å². The first-order valence-electron chi connectivity index (χ1n) is 3.54. The van der Waals surface area contributed by atoms with Crippen molar-refractivity contribution in [3.8, 4) is 0 Å². The molecular formula is C8H11NO2S. The maximum absolute atomic E-state index is 9.43. The molecule has 1 aromatic rings. The van der Waals surface area contributed by atoms with Crippen molar-refractivity contribution in [1.82, 2.24) is 0 Å². The first-order chi connectivity index (χ1) is 5.77. The van der Waals surface area contributed by atoms with Crippen LogP contribution >= 0.6 is 0 Å². The van der Waals surface area contributed by atoms with Gasteiger partial charge in [-0.2, -0.15) is 12.8 Å². The summed E-state index contributed by atoms with van der Waals surface area (Å²) in [6.07, 6.45) is 0. The molecule has 66 valence electrons. The van der Waals surface area contributed by atoms with E-state index in [1.807, 2.05) is 36.4 Å². The molecule has 0 saturated heterocycles. The highest BCUT2D eigenvalue weighted by molar-refractivity contribution is 7.61. The molecule has 0 bridgehead atoms. The fraction of sp³-hybridized carbons (Fsp3) is 0.250. The van der Waals surface area contributed by atoms with Crippen LogP contribution in [0.2, 0.25) is 0 Å². The van der Waals surface area contributed by atoms with Gasteiger partial charge in [-0.15, -0.1) is 0 Å². The van der Waals surface area contributed by atoms with Crippen LogP contribution in [0.4, 0.5) is 0 Å². The van der Waals surface area contributed by atoms with Gasteiger partial charge >= 0.3 is 10.5 Å². The summed E-state index contributed by atoms with van der Waals surface area (Å²) >= 11 is 0. The monoisotopic (exact) mass is 185 g/mol. The average molecular weight is 185 g/mol. The van der Waals surface area contributed by atoms with Crippen molar-refractivity contribution < 1.29 is 8.42 Å². The van der Waals surface area contributed by atoms with Crippen molar-refractivity contribution in [2.24, 2.45) is 4.36 Å². The minimum absolute atomic E-state index is 0.343. The van der Waals surface area contributed by atoms with Gasteiger partial charge in [0.25, 0.3) is 0 Å². The Bertz CT molecular complexity index is 270. The molecule has 0 aliphatic rings. The zero-order valence-corrected chi connectivity index (χ0v) is 7.66. The molecule has 1 aromatic carbocycles. The van der Waals surface area contributed by atoms with E-state index in [4.69, 9.17) is 0 Å². The molecule has 0 aromatic heterocycles. The summed E-state index contributed by atoms with van der Waals surface area (Å²) < 4.78 is 21.9. The lowest BCUT2D eigenvalue weighted by molar-refractivity contribution is 0.620. The second-order valence-electron chi connectivity index (χ2n) is 1.82. The number of nitrogens with zero attached hydrogens (tertiary/aromatic N) is 1. The lowest BCUT2D eigenvalue weighted by Crippen LogP contribution is -1.61. The number of hydrogen-bond donors (Lipinski definition) is 0. The Labute approximate surface area is 73.8 Å². The molecule has 0 spiro atoms. The summed E-state index contributed by atoms with van der Waals surface area (Å²) in [5.74, 6) is 0. The molecule has 0 N–H and O–H groups in total. The Morgan fingerprint density at radius 3 is 1.42 bits per heavy atom. The maximum atomic E-state index is 9.43. The first kappa shape index (κ1) is 10.8. The van der Waals surface area contributed by atoms with Crippen LogP contribution < -0.4 is 0 Å². The predicted octanol–water partition coefficient (Wildman–Crippen LogP) is 1.76. The van der Waals surface area contributed by atoms with Gasteiger partial charge in [-0.05, 0) is 6.92 Å². The van der Waals surface area contributed by atoms with E-state index in [1.165, 1.54) is 0 Å². The van der Waals surface area contributed by atoms with Crippen molar-refractivity contribution in [1.29, 1.82) is 0 Å². The summed E-state index contributed by atoms with van der Waals surface area (Å²) in [5, 5.41) is 0. The molecule has 0 unspecified atom stereocenters. The van der Waals surface area contributed by atoms with Gasteiger partial charge in [0, 0.05) is 0 Å². The summed E-state index contributed by atoms with van der Waals surface area (Å²) in [4.78, 5) is 0. The second kappa shape index (κ2) is 7.94. The Morgan fingerprint density at radius 1 is 1.00 bits per heavy atom. The molecule has 0 saturated carbocycles. The van der Waals surface area contributed by atoms with Gasteiger partial charge in [-0.1, -0.05) is 36.4 Å². The van der Waals surface area contributed by atoms with E-state index in [9.17, 15) is 8.42 Å². The molecule has 12 heavy (non-hydrogen) atoms. The normalized spacial score (nSPS) is 7.75. The smallest absolute Gasteiger partial charge is 0.172 e. The van der Waals surface area contributed by atoms with Crippen molar-refractivity contribution >= 4 is 10.5 Å². The van der Waals surface area contributed by atoms with E-state index in [2.05, 4.69) is 4.36 Å². The topological polar surface area (TPSA) is 46.5 Å². The fourth-order valence-corrected chi connectivity index (χ4v) is 0.701. The molecule has 4 heteroatoms. The molecule has 0 heterocycles. The van der Waals surface area contributed by atoms with Crippen LogP contribution in [0.15, 0.2) is 40.8 Å². The Morgan fingerprint density at radius 2 is 1.33 bits per heavy atom. The quantitative estimate of drug-likeness (QED) is 0.669. The largest absolute Gasteiger partial charge is 0.311 e. The Kier molecular flexibility index (Phi) is 7.17. The van der Waals surface area contributed by atoms with Crippen molar-refractivity contribution in [3.63, 3.8) is 0 Å². The minimum Gasteiger partial charge on any atom is -0.172 e. The zero-order chi connectivity index (χ0) is 9.23. The van der Waals surface area contributed by atoms with Crippen LogP contribution in [0.25, 0.3) is 0 Å². The van der Waals surface area contributed by atoms with Crippen LogP contribution in [-0.4, -0.2) is 15.0 Å². The lowest BCUT2D eigenvalue weighted by Gasteiger charge is -1.69. The third-order valence-corrected chi connectivity index (χ3v) is 1.37. The number of benzene rings is 1. The van der Waals surface area contributed by atoms with E-state index in [1.54, 1.807) is 6.92 Å². The summed E-state index contributed by atoms with van der Waals surface area (Å²) in [7, 11) is -2.19. The van der Waals surface area contributed by atoms with Crippen LogP contribution in [-0.2, 0) is 10.5 Å². The second-order valence-corrected chi connectivity index (χ2v) is 2.51. The van der Waals surface area contributed by atoms with E-state index in [-0.39, 0.29) is 0 Å². The standard InChI is InChI=1S/C6H6.C2H5NO2S/c1-2-4-6-5-3-1;1-2-3-6(4)5/h1-6H;2H2,1H3. The van der Waals surface area contributed by atoms with Gasteiger partial charge in [0.05, 0.1) is 6.54 Å². The zero-order valence-electron chi connectivity index (χ0n) is 6.84. The molecule has 0 amide bonds. The summed E-state index contributed by atoms with van der Waals surface area (Å²) in [6, 6.07) is 12.0. The number of rotatable bonds is 1. The van der Waals surface area contributed by atoms with Crippen molar-refractivity contribution in [3.05, 3.63) is 36.4 Å². The fourth-order valence-electron chi connectivity index (χ4n) is 0.490. The van der Waals surface area contributed by atoms with Crippen LogP contribution in [0.3, 0.4) is 0 Å². The molecular weight excluding hydrogens is 174 g/mol. The Balaban J connectivity index is 0.000000202. The highest BCUT2D eigenvalue weighted by Gasteiger charge is 1.60.